The van der Waals surface area contributed by atoms with Crippen LogP contribution in [0.25, 0.3) is 10.6 Å². The molecule has 1 heterocycles. The van der Waals surface area contributed by atoms with Crippen LogP contribution in [0.2, 0.25) is 0 Å². The van der Waals surface area contributed by atoms with Crippen LogP contribution in [0.5, 0.6) is 17.2 Å². The minimum Gasteiger partial charge on any atom is -0.502 e. The molecule has 0 radical (unpaired) electrons. The number of phenolic OH excluding ortho intramolecular Hbond substituents is 1. The molecular weight excluding hydrogens is 352 g/mol. The molecule has 3 aromatic rings. The lowest BCUT2D eigenvalue weighted by Gasteiger charge is -2.10. The Balaban J connectivity index is 1.92. The van der Waals surface area contributed by atoms with E-state index in [-0.39, 0.29) is 23.0 Å². The van der Waals surface area contributed by atoms with Gasteiger partial charge in [-0.25, -0.2) is 4.98 Å². The van der Waals surface area contributed by atoms with Crippen LogP contribution in [0, 0.1) is 0 Å². The van der Waals surface area contributed by atoms with Crippen LogP contribution in [0.1, 0.15) is 21.6 Å². The molecule has 0 atom stereocenters. The van der Waals surface area contributed by atoms with Crippen molar-refractivity contribution in [1.29, 1.82) is 0 Å². The molecule has 0 aliphatic heterocycles. The smallest absolute Gasteiger partial charge is 0.212 e. The van der Waals surface area contributed by atoms with Crippen molar-refractivity contribution in [3.05, 3.63) is 58.6 Å². The predicted molar refractivity (Wildman–Crippen MR) is 100 cm³/mol. The topological polar surface area (TPSA) is 94.7 Å². The van der Waals surface area contributed by atoms with Gasteiger partial charge in [-0.2, -0.15) is 0 Å². The molecular formula is C19H18N2O4S. The number of carbonyl (C=O) groups excluding carboxylic acids is 1. The molecule has 0 saturated heterocycles. The highest BCUT2D eigenvalue weighted by molar-refractivity contribution is 7.13. The van der Waals surface area contributed by atoms with E-state index in [0.29, 0.717) is 17.8 Å². The molecule has 7 heteroatoms. The van der Waals surface area contributed by atoms with Gasteiger partial charge in [-0.05, 0) is 17.7 Å². The Morgan fingerprint density at radius 3 is 2.31 bits per heavy atom. The van der Waals surface area contributed by atoms with E-state index in [1.807, 2.05) is 24.3 Å². The number of ether oxygens (including phenoxy) is 2. The summed E-state index contributed by atoms with van der Waals surface area (Å²) in [5.74, 6) is -0.0887. The van der Waals surface area contributed by atoms with E-state index in [2.05, 4.69) is 4.98 Å². The zero-order valence-electron chi connectivity index (χ0n) is 14.4. The Morgan fingerprint density at radius 1 is 1.15 bits per heavy atom. The molecule has 2 aromatic carbocycles. The Bertz CT molecular complexity index is 910. The zero-order valence-corrected chi connectivity index (χ0v) is 15.2. The number of phenols is 1. The summed E-state index contributed by atoms with van der Waals surface area (Å²) in [5, 5.41) is 12.4. The Morgan fingerprint density at radius 2 is 1.77 bits per heavy atom. The monoisotopic (exact) mass is 370 g/mol. The van der Waals surface area contributed by atoms with Gasteiger partial charge in [0.2, 0.25) is 11.5 Å². The van der Waals surface area contributed by atoms with Crippen LogP contribution in [0.4, 0.5) is 0 Å². The first kappa shape index (κ1) is 17.9. The van der Waals surface area contributed by atoms with Gasteiger partial charge in [0.15, 0.2) is 11.5 Å². The van der Waals surface area contributed by atoms with Gasteiger partial charge >= 0.3 is 0 Å². The number of nitrogens with zero attached hydrogens (tertiary/aromatic N) is 1. The minimum absolute atomic E-state index is 0.148. The quantitative estimate of drug-likeness (QED) is 0.647. The summed E-state index contributed by atoms with van der Waals surface area (Å²) in [6.45, 7) is 0.479. The Kier molecular flexibility index (Phi) is 5.20. The number of carbonyl (C=O) groups is 1. The predicted octanol–water partition coefficient (Wildman–Crippen LogP) is 3.22. The zero-order chi connectivity index (χ0) is 18.7. The van der Waals surface area contributed by atoms with Crippen LogP contribution in [-0.2, 0) is 6.54 Å². The number of hydrogen-bond acceptors (Lipinski definition) is 7. The highest BCUT2D eigenvalue weighted by atomic mass is 32.1. The second kappa shape index (κ2) is 7.55. The van der Waals surface area contributed by atoms with Crippen LogP contribution >= 0.6 is 11.3 Å². The van der Waals surface area contributed by atoms with Crippen molar-refractivity contribution in [2.45, 2.75) is 6.54 Å². The SMILES string of the molecule is COc1cc(C(=O)c2csc(-c3ccc(CN)cc3)n2)cc(OC)c1O. The molecule has 0 bridgehead atoms. The molecule has 0 fully saturated rings. The largest absolute Gasteiger partial charge is 0.502 e. The summed E-state index contributed by atoms with van der Waals surface area (Å²) in [6.07, 6.45) is 0. The fourth-order valence-corrected chi connectivity index (χ4v) is 3.27. The molecule has 0 unspecified atom stereocenters. The highest BCUT2D eigenvalue weighted by Crippen LogP contribution is 2.37. The molecule has 0 saturated carbocycles. The summed E-state index contributed by atoms with van der Waals surface area (Å²) in [5.41, 5.74) is 8.21. The molecule has 0 spiro atoms. The van der Waals surface area contributed by atoms with E-state index in [9.17, 15) is 9.90 Å². The lowest BCUT2D eigenvalue weighted by molar-refractivity contribution is 0.103. The summed E-state index contributed by atoms with van der Waals surface area (Å²) < 4.78 is 10.2. The number of benzene rings is 2. The Hall–Kier alpha value is -2.90. The average Bonchev–Trinajstić information content (AvgIpc) is 3.17. The summed E-state index contributed by atoms with van der Waals surface area (Å²) >= 11 is 1.39. The van der Waals surface area contributed by atoms with Gasteiger partial charge in [-0.15, -0.1) is 11.3 Å². The van der Waals surface area contributed by atoms with Gasteiger partial charge in [0.05, 0.1) is 14.2 Å². The number of ketones is 1. The summed E-state index contributed by atoms with van der Waals surface area (Å²) in [6, 6.07) is 10.7. The third-order valence-corrected chi connectivity index (χ3v) is 4.81. The van der Waals surface area contributed by atoms with Gasteiger partial charge < -0.3 is 20.3 Å². The highest BCUT2D eigenvalue weighted by Gasteiger charge is 2.19. The van der Waals surface area contributed by atoms with E-state index in [4.69, 9.17) is 15.2 Å². The maximum absolute atomic E-state index is 12.8. The number of methoxy groups -OCH3 is 2. The van der Waals surface area contributed by atoms with Gasteiger partial charge in [0.1, 0.15) is 10.7 Å². The van der Waals surface area contributed by atoms with E-state index in [0.717, 1.165) is 16.1 Å². The van der Waals surface area contributed by atoms with E-state index >= 15 is 0 Å². The average molecular weight is 370 g/mol. The number of nitrogens with two attached hydrogens (primary N) is 1. The standard InChI is InChI=1S/C19H18N2O4S/c1-24-15-7-13(8-16(25-2)18(15)23)17(22)14-10-26-19(21-14)12-5-3-11(9-20)4-6-12/h3-8,10,23H,9,20H2,1-2H3. The lowest BCUT2D eigenvalue weighted by atomic mass is 10.1. The van der Waals surface area contributed by atoms with E-state index in [1.54, 1.807) is 5.38 Å². The first-order valence-electron chi connectivity index (χ1n) is 7.82. The second-order valence-electron chi connectivity index (χ2n) is 5.50. The van der Waals surface area contributed by atoms with Crippen molar-refractivity contribution in [1.82, 2.24) is 4.98 Å². The van der Waals surface area contributed by atoms with Gasteiger partial charge in [0, 0.05) is 23.1 Å². The van der Waals surface area contributed by atoms with E-state index < -0.39 is 0 Å². The third kappa shape index (κ3) is 3.40. The number of rotatable bonds is 6. The molecule has 6 nitrogen and oxygen atoms in total. The third-order valence-electron chi connectivity index (χ3n) is 3.92. The minimum atomic E-state index is -0.275. The molecule has 3 N–H and O–H groups in total. The summed E-state index contributed by atoms with van der Waals surface area (Å²) in [4.78, 5) is 17.2. The first-order chi connectivity index (χ1) is 12.6. The molecule has 0 aliphatic rings. The molecule has 3 rings (SSSR count). The second-order valence-corrected chi connectivity index (χ2v) is 6.36. The fraction of sp³-hybridized carbons (Fsp3) is 0.158. The molecule has 1 aromatic heterocycles. The van der Waals surface area contributed by atoms with Gasteiger partial charge in [-0.1, -0.05) is 24.3 Å². The van der Waals surface area contributed by atoms with Gasteiger partial charge in [0.25, 0.3) is 0 Å². The van der Waals surface area contributed by atoms with Crippen LogP contribution in [0.15, 0.2) is 41.8 Å². The maximum Gasteiger partial charge on any atom is 0.212 e. The molecule has 26 heavy (non-hydrogen) atoms. The maximum atomic E-state index is 12.8. The molecule has 134 valence electrons. The first-order valence-corrected chi connectivity index (χ1v) is 8.70. The lowest BCUT2D eigenvalue weighted by Crippen LogP contribution is -2.03. The number of aromatic hydroxyl groups is 1. The Labute approximate surface area is 154 Å². The van der Waals surface area contributed by atoms with Crippen molar-refractivity contribution in [2.24, 2.45) is 5.73 Å². The number of aromatic nitrogens is 1. The van der Waals surface area contributed by atoms with Crippen molar-refractivity contribution >= 4 is 17.1 Å². The van der Waals surface area contributed by atoms with Crippen molar-refractivity contribution in [3.8, 4) is 27.8 Å². The van der Waals surface area contributed by atoms with Crippen LogP contribution < -0.4 is 15.2 Å². The number of hydrogen-bond donors (Lipinski definition) is 2. The van der Waals surface area contributed by atoms with Gasteiger partial charge in [-0.3, -0.25) is 4.79 Å². The van der Waals surface area contributed by atoms with Crippen molar-refractivity contribution in [3.63, 3.8) is 0 Å². The fourth-order valence-electron chi connectivity index (χ4n) is 2.47. The van der Waals surface area contributed by atoms with Crippen LogP contribution in [-0.4, -0.2) is 30.1 Å². The van der Waals surface area contributed by atoms with Crippen molar-refractivity contribution in [2.75, 3.05) is 14.2 Å². The normalized spacial score (nSPS) is 10.6. The molecule has 0 amide bonds. The van der Waals surface area contributed by atoms with Crippen LogP contribution in [0.3, 0.4) is 0 Å². The summed E-state index contributed by atoms with van der Waals surface area (Å²) in [7, 11) is 2.82. The van der Waals surface area contributed by atoms with Crippen molar-refractivity contribution < 1.29 is 19.4 Å². The number of thiazole rings is 1. The molecule has 0 aliphatic carbocycles. The van der Waals surface area contributed by atoms with E-state index in [1.165, 1.54) is 37.7 Å².